The maximum atomic E-state index is 14.2. The van der Waals surface area contributed by atoms with Gasteiger partial charge in [-0.25, -0.2) is 0 Å². The lowest BCUT2D eigenvalue weighted by molar-refractivity contribution is -0.128. The number of anilines is 5. The number of rotatable bonds is 24. The summed E-state index contributed by atoms with van der Waals surface area (Å²) in [5, 5.41) is 28.5. The van der Waals surface area contributed by atoms with E-state index in [0.717, 1.165) is 22.5 Å². The lowest BCUT2D eigenvalue weighted by Crippen LogP contribution is -2.45. The molecule has 5 aromatic rings. The zero-order valence-corrected chi connectivity index (χ0v) is 47.8. The number of amides is 7. The van der Waals surface area contributed by atoms with Crippen LogP contribution in [0.15, 0.2) is 91.0 Å². The van der Waals surface area contributed by atoms with Gasteiger partial charge in [-0.15, -0.1) is 0 Å². The average Bonchev–Trinajstić information content (AvgIpc) is 4.22. The molecule has 4 atom stereocenters. The first-order valence-electron chi connectivity index (χ1n) is 26.9. The fourth-order valence-electron chi connectivity index (χ4n) is 10.2. The van der Waals surface area contributed by atoms with Crippen molar-refractivity contribution in [2.24, 2.45) is 5.73 Å². The zero-order valence-electron chi connectivity index (χ0n) is 46.2. The number of nitrogens with one attached hydrogen (secondary N) is 6. The van der Waals surface area contributed by atoms with Crippen LogP contribution in [0.25, 0.3) is 0 Å². The highest BCUT2D eigenvalue weighted by Gasteiger charge is 2.42. The Kier molecular flexibility index (Phi) is 18.4. The average molecular weight is 1160 g/mol. The molecule has 432 valence electrons. The summed E-state index contributed by atoms with van der Waals surface area (Å²) in [6, 6.07) is 26.6. The van der Waals surface area contributed by atoms with Crippen LogP contribution in [0.2, 0.25) is 0 Å². The molecule has 82 heavy (non-hydrogen) atoms. The molecule has 0 saturated heterocycles. The van der Waals surface area contributed by atoms with Crippen LogP contribution in [0.4, 0.5) is 28.4 Å². The number of hydrogen-bond donors (Lipinski definition) is 8. The number of methoxy groups -OCH3 is 2. The van der Waals surface area contributed by atoms with Crippen LogP contribution in [0.1, 0.15) is 89.4 Å². The van der Waals surface area contributed by atoms with Crippen molar-refractivity contribution in [2.45, 2.75) is 101 Å². The smallest absolute Gasteiger partial charge is 0.260 e. The lowest BCUT2D eigenvalue weighted by Gasteiger charge is -2.26. The van der Waals surface area contributed by atoms with E-state index >= 15 is 0 Å². The van der Waals surface area contributed by atoms with Gasteiger partial charge in [-0.2, -0.15) is 0 Å². The number of ether oxygens (including phenoxy) is 4. The second-order valence-corrected chi connectivity index (χ2v) is 24.4. The third kappa shape index (κ3) is 13.9. The van der Waals surface area contributed by atoms with Crippen molar-refractivity contribution in [1.29, 1.82) is 0 Å². The molecule has 0 saturated carbocycles. The first-order valence-corrected chi connectivity index (χ1v) is 29.1. The minimum atomic E-state index is -1.10. The third-order valence-corrected chi connectivity index (χ3v) is 18.4. The second-order valence-electron chi connectivity index (χ2n) is 21.1. The Balaban J connectivity index is 0.848. The molecule has 0 aliphatic carbocycles. The molecule has 0 radical (unpaired) electrons. The summed E-state index contributed by atoms with van der Waals surface area (Å²) in [7, 11) is 6.21. The molecule has 4 aliphatic rings. The summed E-state index contributed by atoms with van der Waals surface area (Å²) in [5.74, 6) is -1.76. The highest BCUT2D eigenvalue weighted by Crippen LogP contribution is 2.45. The maximum Gasteiger partial charge on any atom is 0.260 e. The SMILES string of the molecule is COc1cc2c(cc1OCc1cc(COc3cc4c(cc3OC)C(=O)N3c5ccccc5C[C@H]3C(O)N4)cc(NC(=O)CNC(=O)CNC(=O)CNC(=O)CCC(C)(C)SSC(C)CCC(N)=O)c1)NC[C@@H]1Cc3ccccc3N1C2=O. The number of carbonyl (C=O) groups excluding carboxylic acids is 7. The van der Waals surface area contributed by atoms with Gasteiger partial charge in [0.15, 0.2) is 23.0 Å². The van der Waals surface area contributed by atoms with Crippen LogP contribution < -0.4 is 66.4 Å². The number of para-hydroxylation sites is 2. The molecular formula is C59H67N9O12S2. The van der Waals surface area contributed by atoms with Crippen LogP contribution in [-0.4, -0.2) is 115 Å². The van der Waals surface area contributed by atoms with Crippen LogP contribution in [0.5, 0.6) is 23.0 Å². The fourth-order valence-corrected chi connectivity index (χ4v) is 12.8. The minimum Gasteiger partial charge on any atom is -0.493 e. The molecule has 9 rings (SSSR count). The van der Waals surface area contributed by atoms with E-state index in [1.807, 2.05) is 80.3 Å². The van der Waals surface area contributed by atoms with Crippen molar-refractivity contribution in [3.8, 4) is 23.0 Å². The Hall–Kier alpha value is -8.15. The van der Waals surface area contributed by atoms with Gasteiger partial charge in [0.05, 0.1) is 68.4 Å². The molecule has 4 aliphatic heterocycles. The summed E-state index contributed by atoms with van der Waals surface area (Å²) in [5.41, 5.74) is 12.1. The normalized spacial score (nSPS) is 16.9. The van der Waals surface area contributed by atoms with Crippen molar-refractivity contribution in [1.82, 2.24) is 16.0 Å². The third-order valence-electron chi connectivity index (χ3n) is 14.4. The fraction of sp³-hybridized carbons (Fsp3) is 0.373. The van der Waals surface area contributed by atoms with Gasteiger partial charge in [0.2, 0.25) is 29.5 Å². The second kappa shape index (κ2) is 25.8. The van der Waals surface area contributed by atoms with Crippen molar-refractivity contribution in [3.05, 3.63) is 124 Å². The van der Waals surface area contributed by atoms with Crippen molar-refractivity contribution < 1.29 is 57.6 Å². The molecular weight excluding hydrogens is 1090 g/mol. The van der Waals surface area contributed by atoms with E-state index in [1.54, 1.807) is 62.9 Å². The molecule has 21 nitrogen and oxygen atoms in total. The van der Waals surface area contributed by atoms with Gasteiger partial charge in [0, 0.05) is 58.6 Å². The monoisotopic (exact) mass is 1160 g/mol. The number of benzene rings is 5. The molecule has 2 unspecified atom stereocenters. The Morgan fingerprint density at radius 1 is 0.707 bits per heavy atom. The van der Waals surface area contributed by atoms with Gasteiger partial charge in [-0.1, -0.05) is 64.9 Å². The van der Waals surface area contributed by atoms with Crippen molar-refractivity contribution in [3.63, 3.8) is 0 Å². The molecule has 0 bridgehead atoms. The number of primary amides is 1. The Morgan fingerprint density at radius 2 is 1.26 bits per heavy atom. The van der Waals surface area contributed by atoms with Gasteiger partial charge in [-0.05, 0) is 104 Å². The topological polar surface area (TPSA) is 281 Å². The quantitative estimate of drug-likeness (QED) is 0.0326. The van der Waals surface area contributed by atoms with Crippen molar-refractivity contribution >= 4 is 91.4 Å². The van der Waals surface area contributed by atoms with Crippen LogP contribution in [-0.2, 0) is 50.0 Å². The maximum absolute atomic E-state index is 14.2. The van der Waals surface area contributed by atoms with Gasteiger partial charge >= 0.3 is 0 Å². The molecule has 23 heteroatoms. The van der Waals surface area contributed by atoms with Gasteiger partial charge in [-0.3, -0.25) is 33.6 Å². The Labute approximate surface area is 482 Å². The Bertz CT molecular complexity index is 3290. The highest BCUT2D eigenvalue weighted by atomic mass is 33.1. The number of fused-ring (bicyclic) bond motifs is 8. The van der Waals surface area contributed by atoms with E-state index in [9.17, 15) is 38.7 Å². The van der Waals surface area contributed by atoms with Gasteiger partial charge in [0.25, 0.3) is 11.8 Å². The number of carbonyl (C=O) groups is 7. The van der Waals surface area contributed by atoms with Crippen LogP contribution in [0, 0.1) is 0 Å². The summed E-state index contributed by atoms with van der Waals surface area (Å²) < 4.78 is 24.1. The van der Waals surface area contributed by atoms with E-state index in [0.29, 0.717) is 83.9 Å². The first kappa shape index (κ1) is 58.5. The van der Waals surface area contributed by atoms with Crippen molar-refractivity contribution in [2.75, 3.05) is 66.1 Å². The number of nitrogens with two attached hydrogens (primary N) is 1. The predicted octanol–water partition coefficient (Wildman–Crippen LogP) is 6.06. The number of aliphatic hydroxyl groups excluding tert-OH is 1. The highest BCUT2D eigenvalue weighted by molar-refractivity contribution is 8.77. The summed E-state index contributed by atoms with van der Waals surface area (Å²) in [6.07, 6.45) is 1.76. The molecule has 5 aromatic carbocycles. The van der Waals surface area contributed by atoms with Gasteiger partial charge in [0.1, 0.15) is 19.4 Å². The van der Waals surface area contributed by atoms with Gasteiger partial charge < -0.3 is 71.5 Å². The molecule has 7 amide bonds. The largest absolute Gasteiger partial charge is 0.493 e. The van der Waals surface area contributed by atoms with E-state index in [-0.39, 0.29) is 82.9 Å². The number of nitrogens with zero attached hydrogens (tertiary/aromatic N) is 2. The summed E-state index contributed by atoms with van der Waals surface area (Å²) in [6.45, 7) is 5.19. The molecule has 4 heterocycles. The van der Waals surface area contributed by atoms with Crippen LogP contribution >= 0.6 is 21.6 Å². The van der Waals surface area contributed by atoms with Crippen LogP contribution in [0.3, 0.4) is 0 Å². The van der Waals surface area contributed by atoms with E-state index < -0.39 is 43.1 Å². The molecule has 0 aromatic heterocycles. The standard InChI is InChI=1S/C59H67N9O12S2/c1-33(14-15-51(60)69)81-82-59(2,3)17-16-52(70)62-28-53(71)63-29-54(72)64-30-55(73)65-38-19-34(31-79-49-25-42-40(23-47(49)77-4)57(75)67-39(27-61-42)21-36-10-6-8-12-44(36)67)18-35(20-38)32-80-50-26-43-41(24-48(50)78-5)58(76)68-45-13-9-7-11-37(45)22-46(68)56(74)66-43/h6-13,18-20,23-26,33,39,46,56,61,66,74H,14-17,21-22,27-32H2,1-5H3,(H2,60,69)(H,62,70)(H,63,71)(H,64,72)(H,65,73)/t33?,39-,46-,56?/m0/s1. The van der Waals surface area contributed by atoms with E-state index in [1.165, 1.54) is 14.2 Å². The lowest BCUT2D eigenvalue weighted by atomic mass is 10.1. The Morgan fingerprint density at radius 3 is 1.88 bits per heavy atom. The number of aliphatic hydroxyl groups is 1. The first-order chi connectivity index (χ1) is 39.4. The zero-order chi connectivity index (χ0) is 58.2. The minimum absolute atomic E-state index is 0.0396. The number of hydrogen-bond acceptors (Lipinski definition) is 16. The molecule has 0 fully saturated rings. The predicted molar refractivity (Wildman–Crippen MR) is 315 cm³/mol. The molecule has 0 spiro atoms. The van der Waals surface area contributed by atoms with E-state index in [4.69, 9.17) is 24.7 Å². The van der Waals surface area contributed by atoms with E-state index in [2.05, 4.69) is 31.9 Å². The molecule has 9 N–H and O–H groups in total. The summed E-state index contributed by atoms with van der Waals surface area (Å²) >= 11 is 0. The summed E-state index contributed by atoms with van der Waals surface area (Å²) in [4.78, 5) is 94.3.